The highest BCUT2D eigenvalue weighted by atomic mass is 16.5. The summed E-state index contributed by atoms with van der Waals surface area (Å²) in [7, 11) is 4.68. The molecule has 0 bridgehead atoms. The Bertz CT molecular complexity index is 1420. The van der Waals surface area contributed by atoms with Crippen LogP contribution in [0.15, 0.2) is 64.3 Å². The first kappa shape index (κ1) is 21.0. The Hall–Kier alpha value is -4.27. The van der Waals surface area contributed by atoms with Crippen LogP contribution in [0.25, 0.3) is 11.0 Å². The number of benzene rings is 2. The molecule has 0 aliphatic carbocycles. The Morgan fingerprint density at radius 3 is 2.44 bits per heavy atom. The number of fused-ring (bicyclic) bond motifs is 1. The first-order valence-corrected chi connectivity index (χ1v) is 9.82. The molecule has 164 valence electrons. The van der Waals surface area contributed by atoms with Crippen molar-refractivity contribution in [1.29, 1.82) is 0 Å². The van der Waals surface area contributed by atoms with E-state index in [1.54, 1.807) is 29.8 Å². The van der Waals surface area contributed by atoms with Gasteiger partial charge in [0.05, 0.1) is 31.8 Å². The fourth-order valence-corrected chi connectivity index (χ4v) is 3.60. The van der Waals surface area contributed by atoms with E-state index in [1.807, 2.05) is 30.3 Å². The molecule has 9 heteroatoms. The third kappa shape index (κ3) is 3.76. The van der Waals surface area contributed by atoms with Crippen LogP contribution in [0.5, 0.6) is 11.5 Å². The molecule has 0 saturated heterocycles. The smallest absolute Gasteiger partial charge is 0.329 e. The molecule has 0 unspecified atom stereocenters. The van der Waals surface area contributed by atoms with Gasteiger partial charge in [0, 0.05) is 25.0 Å². The van der Waals surface area contributed by atoms with Crippen LogP contribution in [0.3, 0.4) is 0 Å². The summed E-state index contributed by atoms with van der Waals surface area (Å²) in [5.74, 6) is 0.512. The molecule has 32 heavy (non-hydrogen) atoms. The molecule has 0 saturated carbocycles. The molecule has 0 radical (unpaired) electrons. The lowest BCUT2D eigenvalue weighted by molar-refractivity contribution is 0.102. The van der Waals surface area contributed by atoms with E-state index in [1.165, 1.54) is 20.4 Å². The van der Waals surface area contributed by atoms with Crippen LogP contribution in [0.2, 0.25) is 0 Å². The molecule has 9 nitrogen and oxygen atoms in total. The van der Waals surface area contributed by atoms with Gasteiger partial charge in [-0.15, -0.1) is 0 Å². The number of aromatic amines is 1. The minimum absolute atomic E-state index is 0.128. The van der Waals surface area contributed by atoms with E-state index in [0.717, 1.165) is 10.1 Å². The van der Waals surface area contributed by atoms with Crippen molar-refractivity contribution in [2.24, 2.45) is 7.05 Å². The first-order valence-electron chi connectivity index (χ1n) is 9.82. The van der Waals surface area contributed by atoms with Gasteiger partial charge in [-0.1, -0.05) is 30.3 Å². The molecule has 0 atom stereocenters. The van der Waals surface area contributed by atoms with Gasteiger partial charge in [-0.25, -0.2) is 4.79 Å². The molecule has 2 N–H and O–H groups in total. The van der Waals surface area contributed by atoms with Crippen molar-refractivity contribution in [1.82, 2.24) is 14.1 Å². The number of aryl methyl sites for hydroxylation is 1. The van der Waals surface area contributed by atoms with Crippen LogP contribution in [0.1, 0.15) is 15.9 Å². The second kappa shape index (κ2) is 8.46. The van der Waals surface area contributed by atoms with Gasteiger partial charge < -0.3 is 24.3 Å². The third-order valence-electron chi connectivity index (χ3n) is 5.18. The fraction of sp³-hybridized carbons (Fsp3) is 0.174. The maximum Gasteiger partial charge on any atom is 0.329 e. The molecule has 2 heterocycles. The highest BCUT2D eigenvalue weighted by molar-refractivity contribution is 6.11. The number of anilines is 1. The zero-order valence-corrected chi connectivity index (χ0v) is 17.8. The Labute approximate surface area is 182 Å². The number of hydrogen-bond acceptors (Lipinski definition) is 5. The van der Waals surface area contributed by atoms with Gasteiger partial charge in [0.15, 0.2) is 11.5 Å². The molecule has 0 aliphatic heterocycles. The molecule has 4 rings (SSSR count). The number of ether oxygens (including phenoxy) is 2. The largest absolute Gasteiger partial charge is 0.493 e. The number of rotatable bonds is 6. The maximum atomic E-state index is 13.1. The molecular formula is C23H22N4O5. The van der Waals surface area contributed by atoms with Crippen molar-refractivity contribution in [3.63, 3.8) is 0 Å². The van der Waals surface area contributed by atoms with Crippen molar-refractivity contribution in [3.05, 3.63) is 86.7 Å². The molecule has 4 aromatic rings. The van der Waals surface area contributed by atoms with Crippen molar-refractivity contribution in [2.45, 2.75) is 6.54 Å². The van der Waals surface area contributed by atoms with Gasteiger partial charge in [-0.3, -0.25) is 14.2 Å². The summed E-state index contributed by atoms with van der Waals surface area (Å²) in [5, 5.41) is 2.76. The Morgan fingerprint density at radius 1 is 1.03 bits per heavy atom. The van der Waals surface area contributed by atoms with Crippen molar-refractivity contribution < 1.29 is 14.3 Å². The topological polar surface area (TPSA) is 107 Å². The zero-order chi connectivity index (χ0) is 22.8. The van der Waals surface area contributed by atoms with Crippen molar-refractivity contribution >= 4 is 22.6 Å². The summed E-state index contributed by atoms with van der Waals surface area (Å²) < 4.78 is 13.1. The number of carbonyl (C=O) groups excluding carboxylic acids is 1. The SMILES string of the molecule is COc1ccc(NC(=O)c2cn(C)c3c(=O)n(Cc4ccccc4)c(=O)[nH]c23)cc1OC. The van der Waals surface area contributed by atoms with Gasteiger partial charge in [-0.05, 0) is 17.7 Å². The quantitative estimate of drug-likeness (QED) is 0.484. The molecule has 2 aromatic heterocycles. The van der Waals surface area contributed by atoms with Crippen molar-refractivity contribution in [3.8, 4) is 11.5 Å². The molecule has 0 spiro atoms. The number of nitrogens with zero attached hydrogens (tertiary/aromatic N) is 2. The first-order chi connectivity index (χ1) is 15.4. The lowest BCUT2D eigenvalue weighted by atomic mass is 10.2. The fourth-order valence-electron chi connectivity index (χ4n) is 3.60. The van der Waals surface area contributed by atoms with E-state index in [0.29, 0.717) is 17.2 Å². The number of hydrogen-bond donors (Lipinski definition) is 2. The average molecular weight is 434 g/mol. The Balaban J connectivity index is 1.72. The van der Waals surface area contributed by atoms with Crippen LogP contribution in [-0.2, 0) is 13.6 Å². The summed E-state index contributed by atoms with van der Waals surface area (Å²) in [4.78, 5) is 41.4. The number of aromatic nitrogens is 3. The number of carbonyl (C=O) groups is 1. The van der Waals surface area contributed by atoms with Gasteiger partial charge in [0.2, 0.25) is 0 Å². The van der Waals surface area contributed by atoms with E-state index >= 15 is 0 Å². The van der Waals surface area contributed by atoms with Crippen LogP contribution < -0.4 is 26.0 Å². The average Bonchev–Trinajstić information content (AvgIpc) is 3.13. The second-order valence-electron chi connectivity index (χ2n) is 7.21. The second-order valence-corrected chi connectivity index (χ2v) is 7.21. The minimum atomic E-state index is -0.585. The zero-order valence-electron chi connectivity index (χ0n) is 17.8. The van der Waals surface area contributed by atoms with E-state index in [2.05, 4.69) is 10.3 Å². The molecular weight excluding hydrogens is 412 g/mol. The summed E-state index contributed by atoms with van der Waals surface area (Å²) >= 11 is 0. The summed E-state index contributed by atoms with van der Waals surface area (Å²) in [6.07, 6.45) is 1.52. The standard InChI is InChI=1S/C23H22N4O5/c1-26-13-16(21(28)24-15-9-10-17(31-2)18(11-15)32-3)19-20(26)22(29)27(23(30)25-19)12-14-7-5-4-6-8-14/h4-11,13H,12H2,1-3H3,(H,24,28)(H,25,30). The minimum Gasteiger partial charge on any atom is -0.493 e. The number of amides is 1. The summed E-state index contributed by atoms with van der Waals surface area (Å²) in [5.41, 5.74) is 0.837. The highest BCUT2D eigenvalue weighted by Crippen LogP contribution is 2.30. The van der Waals surface area contributed by atoms with Crippen LogP contribution in [-0.4, -0.2) is 34.2 Å². The van der Waals surface area contributed by atoms with Crippen LogP contribution in [0, 0.1) is 0 Å². The van der Waals surface area contributed by atoms with Gasteiger partial charge in [0.25, 0.3) is 11.5 Å². The monoisotopic (exact) mass is 434 g/mol. The number of methoxy groups -OCH3 is 2. The van der Waals surface area contributed by atoms with Gasteiger partial charge >= 0.3 is 5.69 Å². The van der Waals surface area contributed by atoms with Crippen molar-refractivity contribution in [2.75, 3.05) is 19.5 Å². The van der Waals surface area contributed by atoms with Gasteiger partial charge in [0.1, 0.15) is 5.52 Å². The number of nitrogens with one attached hydrogen (secondary N) is 2. The maximum absolute atomic E-state index is 13.1. The molecule has 2 aromatic carbocycles. The summed E-state index contributed by atoms with van der Waals surface area (Å²) in [6, 6.07) is 14.2. The van der Waals surface area contributed by atoms with E-state index in [-0.39, 0.29) is 23.1 Å². The third-order valence-corrected chi connectivity index (χ3v) is 5.18. The Morgan fingerprint density at radius 2 is 1.75 bits per heavy atom. The van der Waals surface area contributed by atoms with E-state index < -0.39 is 17.2 Å². The highest BCUT2D eigenvalue weighted by Gasteiger charge is 2.20. The predicted molar refractivity (Wildman–Crippen MR) is 121 cm³/mol. The lowest BCUT2D eigenvalue weighted by Crippen LogP contribution is -2.36. The lowest BCUT2D eigenvalue weighted by Gasteiger charge is -2.10. The molecule has 1 amide bonds. The van der Waals surface area contributed by atoms with Crippen LogP contribution >= 0.6 is 0 Å². The summed E-state index contributed by atoms with van der Waals surface area (Å²) in [6.45, 7) is 0.128. The Kier molecular flexibility index (Phi) is 5.55. The normalized spacial score (nSPS) is 10.8. The molecule has 0 fully saturated rings. The van der Waals surface area contributed by atoms with E-state index in [9.17, 15) is 14.4 Å². The van der Waals surface area contributed by atoms with Crippen LogP contribution in [0.4, 0.5) is 5.69 Å². The van der Waals surface area contributed by atoms with Gasteiger partial charge in [-0.2, -0.15) is 0 Å². The predicted octanol–water partition coefficient (Wildman–Crippen LogP) is 2.35. The number of H-pyrrole nitrogens is 1. The van der Waals surface area contributed by atoms with E-state index in [4.69, 9.17) is 9.47 Å². The molecule has 0 aliphatic rings.